The van der Waals surface area contributed by atoms with Crippen LogP contribution in [0.1, 0.15) is 22.8 Å². The van der Waals surface area contributed by atoms with Gasteiger partial charge in [-0.1, -0.05) is 13.0 Å². The highest BCUT2D eigenvalue weighted by atomic mass is 32.2. The third-order valence-corrected chi connectivity index (χ3v) is 5.39. The molecule has 2 aromatic carbocycles. The number of hydrogen-bond acceptors (Lipinski definition) is 8. The van der Waals surface area contributed by atoms with E-state index in [1.165, 1.54) is 18.2 Å². The van der Waals surface area contributed by atoms with Crippen molar-refractivity contribution in [1.29, 1.82) is 0 Å². The molecule has 0 heterocycles. The minimum absolute atomic E-state index is 0.105. The van der Waals surface area contributed by atoms with Gasteiger partial charge >= 0.3 is 12.6 Å². The molecule has 1 N–H and O–H groups in total. The molecule has 31 heavy (non-hydrogen) atoms. The monoisotopic (exact) mass is 460 g/mol. The SMILES string of the molecule is CCNS(=O)(=O)c1cccc(C(=O)OCc2cc(OC)c(OC(F)F)cc2[N+](=O)[O-])c1. The van der Waals surface area contributed by atoms with Crippen LogP contribution >= 0.6 is 0 Å². The highest BCUT2D eigenvalue weighted by molar-refractivity contribution is 7.89. The summed E-state index contributed by atoms with van der Waals surface area (Å²) in [6, 6.07) is 6.79. The van der Waals surface area contributed by atoms with Gasteiger partial charge in [-0.05, 0) is 24.3 Å². The third kappa shape index (κ3) is 6.08. The van der Waals surface area contributed by atoms with Crippen LogP contribution in [0.3, 0.4) is 0 Å². The first-order chi connectivity index (χ1) is 14.6. The van der Waals surface area contributed by atoms with Gasteiger partial charge in [0, 0.05) is 6.54 Å². The highest BCUT2D eigenvalue weighted by Crippen LogP contribution is 2.36. The van der Waals surface area contributed by atoms with Crippen molar-refractivity contribution in [2.24, 2.45) is 0 Å². The maximum absolute atomic E-state index is 12.5. The number of halogens is 2. The standard InChI is InChI=1S/C18H18F2N2O8S/c1-3-21-31(26,27)13-6-4-5-11(7-13)17(23)29-10-12-8-15(28-2)16(30-18(19)20)9-14(12)22(24)25/h4-9,18,21H,3,10H2,1-2H3. The summed E-state index contributed by atoms with van der Waals surface area (Å²) in [5, 5.41) is 11.3. The zero-order chi connectivity index (χ0) is 23.2. The Morgan fingerprint density at radius 3 is 2.52 bits per heavy atom. The zero-order valence-electron chi connectivity index (χ0n) is 16.3. The summed E-state index contributed by atoms with van der Waals surface area (Å²) in [6.07, 6.45) is 0. The van der Waals surface area contributed by atoms with E-state index in [-0.39, 0.29) is 28.3 Å². The first-order valence-electron chi connectivity index (χ1n) is 8.66. The molecule has 0 saturated carbocycles. The smallest absolute Gasteiger partial charge is 0.387 e. The van der Waals surface area contributed by atoms with Gasteiger partial charge in [-0.25, -0.2) is 17.9 Å². The Morgan fingerprint density at radius 2 is 1.94 bits per heavy atom. The van der Waals surface area contributed by atoms with E-state index in [4.69, 9.17) is 9.47 Å². The Kier molecular flexibility index (Phi) is 7.83. The molecule has 0 radical (unpaired) electrons. The second-order valence-corrected chi connectivity index (χ2v) is 7.64. The number of rotatable bonds is 10. The third-order valence-electron chi connectivity index (χ3n) is 3.85. The number of carbonyl (C=O) groups is 1. The first-order valence-corrected chi connectivity index (χ1v) is 10.1. The van der Waals surface area contributed by atoms with Gasteiger partial charge in [0.05, 0.1) is 34.1 Å². The summed E-state index contributed by atoms with van der Waals surface area (Å²) >= 11 is 0. The maximum Gasteiger partial charge on any atom is 0.387 e. The van der Waals surface area contributed by atoms with E-state index in [1.54, 1.807) is 6.92 Å². The summed E-state index contributed by atoms with van der Waals surface area (Å²) in [7, 11) is -2.67. The second-order valence-electron chi connectivity index (χ2n) is 5.87. The zero-order valence-corrected chi connectivity index (χ0v) is 17.1. The summed E-state index contributed by atoms with van der Waals surface area (Å²) in [5.41, 5.74) is -0.882. The molecule has 10 nitrogen and oxygen atoms in total. The van der Waals surface area contributed by atoms with Crippen molar-refractivity contribution in [3.8, 4) is 11.5 Å². The van der Waals surface area contributed by atoms with E-state index in [0.29, 0.717) is 0 Å². The number of nitrogens with one attached hydrogen (secondary N) is 1. The van der Waals surface area contributed by atoms with E-state index < -0.39 is 45.6 Å². The quantitative estimate of drug-likeness (QED) is 0.325. The van der Waals surface area contributed by atoms with Gasteiger partial charge in [0.2, 0.25) is 10.0 Å². The molecule has 13 heteroatoms. The summed E-state index contributed by atoms with van der Waals surface area (Å²) in [4.78, 5) is 22.6. The van der Waals surface area contributed by atoms with Crippen molar-refractivity contribution in [3.63, 3.8) is 0 Å². The average Bonchev–Trinajstić information content (AvgIpc) is 2.71. The van der Waals surface area contributed by atoms with E-state index in [1.807, 2.05) is 0 Å². The van der Waals surface area contributed by atoms with Crippen LogP contribution in [-0.4, -0.2) is 39.6 Å². The molecule has 0 unspecified atom stereocenters. The Bertz CT molecular complexity index is 1080. The molecule has 0 fully saturated rings. The molecule has 0 spiro atoms. The van der Waals surface area contributed by atoms with Crippen LogP contribution in [0, 0.1) is 10.1 Å². The Morgan fingerprint density at radius 1 is 1.23 bits per heavy atom. The highest BCUT2D eigenvalue weighted by Gasteiger charge is 2.23. The number of nitrogens with zero attached hydrogens (tertiary/aromatic N) is 1. The fourth-order valence-electron chi connectivity index (χ4n) is 2.51. The van der Waals surface area contributed by atoms with Crippen molar-refractivity contribution in [2.45, 2.75) is 25.0 Å². The lowest BCUT2D eigenvalue weighted by Gasteiger charge is -2.12. The van der Waals surface area contributed by atoms with Crippen LogP contribution in [0.5, 0.6) is 11.5 Å². The minimum Gasteiger partial charge on any atom is -0.493 e. The largest absolute Gasteiger partial charge is 0.493 e. The lowest BCUT2D eigenvalue weighted by Crippen LogP contribution is -2.23. The van der Waals surface area contributed by atoms with Crippen LogP contribution in [-0.2, 0) is 21.4 Å². The predicted octanol–water partition coefficient (Wildman–Crippen LogP) is 2.86. The average molecular weight is 460 g/mol. The molecular formula is C18H18F2N2O8S. The van der Waals surface area contributed by atoms with Gasteiger partial charge in [0.25, 0.3) is 5.69 Å². The number of sulfonamides is 1. The molecule has 0 aliphatic carbocycles. The van der Waals surface area contributed by atoms with Crippen molar-refractivity contribution in [2.75, 3.05) is 13.7 Å². The number of methoxy groups -OCH3 is 1. The maximum atomic E-state index is 12.5. The minimum atomic E-state index is -3.81. The fourth-order valence-corrected chi connectivity index (χ4v) is 3.60. The Labute approximate surface area is 175 Å². The summed E-state index contributed by atoms with van der Waals surface area (Å²) in [5.74, 6) is -1.73. The predicted molar refractivity (Wildman–Crippen MR) is 103 cm³/mol. The molecule has 168 valence electrons. The van der Waals surface area contributed by atoms with Crippen molar-refractivity contribution in [1.82, 2.24) is 4.72 Å². The summed E-state index contributed by atoms with van der Waals surface area (Å²) < 4.78 is 65.6. The van der Waals surface area contributed by atoms with Crippen molar-refractivity contribution < 1.29 is 41.1 Å². The van der Waals surface area contributed by atoms with Crippen molar-refractivity contribution in [3.05, 3.63) is 57.6 Å². The Balaban J connectivity index is 2.28. The van der Waals surface area contributed by atoms with Crippen molar-refractivity contribution >= 4 is 21.7 Å². The van der Waals surface area contributed by atoms with Crippen LogP contribution in [0.2, 0.25) is 0 Å². The number of alkyl halides is 2. The lowest BCUT2D eigenvalue weighted by molar-refractivity contribution is -0.386. The van der Waals surface area contributed by atoms with Gasteiger partial charge in [-0.2, -0.15) is 8.78 Å². The normalized spacial score (nSPS) is 11.3. The van der Waals surface area contributed by atoms with E-state index in [0.717, 1.165) is 25.3 Å². The van der Waals surface area contributed by atoms with Crippen LogP contribution in [0.15, 0.2) is 41.3 Å². The molecule has 0 aliphatic rings. The molecule has 0 amide bonds. The van der Waals surface area contributed by atoms with Gasteiger partial charge in [0.15, 0.2) is 11.5 Å². The first kappa shape index (κ1) is 24.0. The number of esters is 1. The number of nitro benzene ring substituents is 1. The van der Waals surface area contributed by atoms with Gasteiger partial charge in [-0.3, -0.25) is 10.1 Å². The fraction of sp³-hybridized carbons (Fsp3) is 0.278. The van der Waals surface area contributed by atoms with Gasteiger partial charge in [0.1, 0.15) is 6.61 Å². The molecule has 0 aliphatic heterocycles. The molecule has 0 saturated heterocycles. The van der Waals surface area contributed by atoms with Crippen LogP contribution in [0.25, 0.3) is 0 Å². The number of benzene rings is 2. The Hall–Kier alpha value is -3.32. The molecule has 2 rings (SSSR count). The number of nitro groups is 1. The van der Waals surface area contributed by atoms with Crippen LogP contribution in [0.4, 0.5) is 14.5 Å². The number of carbonyl (C=O) groups excluding carboxylic acids is 1. The van der Waals surface area contributed by atoms with E-state index in [9.17, 15) is 32.1 Å². The second kappa shape index (κ2) is 10.1. The van der Waals surface area contributed by atoms with Gasteiger partial charge < -0.3 is 14.2 Å². The topological polar surface area (TPSA) is 134 Å². The van der Waals surface area contributed by atoms with Gasteiger partial charge in [-0.15, -0.1) is 0 Å². The van der Waals surface area contributed by atoms with E-state index in [2.05, 4.69) is 9.46 Å². The molecule has 2 aromatic rings. The van der Waals surface area contributed by atoms with Crippen LogP contribution < -0.4 is 14.2 Å². The number of ether oxygens (including phenoxy) is 3. The number of hydrogen-bond donors (Lipinski definition) is 1. The molecular weight excluding hydrogens is 442 g/mol. The summed E-state index contributed by atoms with van der Waals surface area (Å²) in [6.45, 7) is -2.10. The molecule has 0 aromatic heterocycles. The molecule has 0 atom stereocenters. The lowest BCUT2D eigenvalue weighted by atomic mass is 10.1. The van der Waals surface area contributed by atoms with E-state index >= 15 is 0 Å². The molecule has 0 bridgehead atoms.